The van der Waals surface area contributed by atoms with Crippen molar-refractivity contribution in [3.8, 4) is 0 Å². The molecular weight excluding hydrogens is 250 g/mol. The van der Waals surface area contributed by atoms with Gasteiger partial charge >= 0.3 is 5.97 Å². The predicted octanol–water partition coefficient (Wildman–Crippen LogP) is 3.01. The topological polar surface area (TPSA) is 66.4 Å². The van der Waals surface area contributed by atoms with Crippen molar-refractivity contribution < 1.29 is 14.7 Å². The molecule has 92 valence electrons. The highest BCUT2D eigenvalue weighted by Gasteiger charge is 2.08. The lowest BCUT2D eigenvalue weighted by Gasteiger charge is -2.03. The summed E-state index contributed by atoms with van der Waals surface area (Å²) in [6.07, 6.45) is 0. The number of carbonyl (C=O) groups is 2. The van der Waals surface area contributed by atoms with Crippen LogP contribution in [-0.2, 0) is 0 Å². The number of hydrogen-bond acceptors (Lipinski definition) is 3. The second-order valence-electron chi connectivity index (χ2n) is 3.75. The van der Waals surface area contributed by atoms with E-state index in [2.05, 4.69) is 5.32 Å². The minimum Gasteiger partial charge on any atom is -0.478 e. The number of hydrogen-bond donors (Lipinski definition) is 2. The van der Waals surface area contributed by atoms with Gasteiger partial charge in [0.15, 0.2) is 0 Å². The highest BCUT2D eigenvalue weighted by atomic mass is 32.1. The molecule has 2 rings (SSSR count). The third-order valence-corrected chi connectivity index (χ3v) is 3.35. The summed E-state index contributed by atoms with van der Waals surface area (Å²) in [5.41, 5.74) is 0.774. The van der Waals surface area contributed by atoms with E-state index >= 15 is 0 Å². The molecule has 0 saturated carbocycles. The van der Waals surface area contributed by atoms with Crippen LogP contribution < -0.4 is 5.32 Å². The molecule has 1 heterocycles. The molecule has 0 aliphatic carbocycles. The molecule has 0 aliphatic rings. The van der Waals surface area contributed by atoms with Gasteiger partial charge in [0, 0.05) is 10.6 Å². The van der Waals surface area contributed by atoms with Crippen LogP contribution in [0.2, 0.25) is 0 Å². The minimum atomic E-state index is -0.984. The SMILES string of the molecule is Cc1ccc(C(=O)Nc2ccc(C(=O)O)cc2)s1. The summed E-state index contributed by atoms with van der Waals surface area (Å²) >= 11 is 1.42. The Morgan fingerprint density at radius 1 is 1.11 bits per heavy atom. The van der Waals surface area contributed by atoms with Crippen molar-refractivity contribution >= 4 is 28.9 Å². The van der Waals surface area contributed by atoms with Crippen LogP contribution in [0.15, 0.2) is 36.4 Å². The molecule has 0 atom stereocenters. The van der Waals surface area contributed by atoms with Crippen LogP contribution in [0.25, 0.3) is 0 Å². The van der Waals surface area contributed by atoms with Crippen LogP contribution in [0.3, 0.4) is 0 Å². The number of rotatable bonds is 3. The standard InChI is InChI=1S/C13H11NO3S/c1-8-2-7-11(18-8)12(15)14-10-5-3-9(4-6-10)13(16)17/h2-7H,1H3,(H,14,15)(H,16,17). The smallest absolute Gasteiger partial charge is 0.335 e. The van der Waals surface area contributed by atoms with E-state index in [-0.39, 0.29) is 11.5 Å². The van der Waals surface area contributed by atoms with Crippen LogP contribution in [0, 0.1) is 6.92 Å². The number of carboxylic acids is 1. The molecule has 2 aromatic rings. The second-order valence-corrected chi connectivity index (χ2v) is 5.03. The van der Waals surface area contributed by atoms with Gasteiger partial charge in [0.1, 0.15) is 0 Å². The molecule has 0 aliphatic heterocycles. The summed E-state index contributed by atoms with van der Waals surface area (Å²) in [4.78, 5) is 24.2. The van der Waals surface area contributed by atoms with Crippen LogP contribution in [0.5, 0.6) is 0 Å². The molecule has 0 spiro atoms. The number of anilines is 1. The maximum Gasteiger partial charge on any atom is 0.335 e. The first-order valence-electron chi connectivity index (χ1n) is 5.27. The normalized spacial score (nSPS) is 10.1. The zero-order valence-electron chi connectivity index (χ0n) is 9.64. The van der Waals surface area contributed by atoms with E-state index in [1.54, 1.807) is 18.2 Å². The van der Waals surface area contributed by atoms with Crippen LogP contribution in [-0.4, -0.2) is 17.0 Å². The predicted molar refractivity (Wildman–Crippen MR) is 70.4 cm³/mol. The molecule has 1 aromatic carbocycles. The van der Waals surface area contributed by atoms with Gasteiger partial charge < -0.3 is 10.4 Å². The van der Waals surface area contributed by atoms with Gasteiger partial charge in [0.2, 0.25) is 0 Å². The van der Waals surface area contributed by atoms with Crippen molar-refractivity contribution in [2.75, 3.05) is 5.32 Å². The summed E-state index contributed by atoms with van der Waals surface area (Å²) in [6.45, 7) is 1.93. The Kier molecular flexibility index (Phi) is 3.43. The van der Waals surface area contributed by atoms with Gasteiger partial charge in [0.25, 0.3) is 5.91 Å². The maximum atomic E-state index is 11.8. The molecule has 0 saturated heterocycles. The molecular formula is C13H11NO3S. The monoisotopic (exact) mass is 261 g/mol. The van der Waals surface area contributed by atoms with Crippen molar-refractivity contribution in [3.05, 3.63) is 51.7 Å². The average Bonchev–Trinajstić information content (AvgIpc) is 2.76. The van der Waals surface area contributed by atoms with E-state index in [9.17, 15) is 9.59 Å². The number of carbonyl (C=O) groups excluding carboxylic acids is 1. The van der Waals surface area contributed by atoms with Crippen LogP contribution in [0.4, 0.5) is 5.69 Å². The lowest BCUT2D eigenvalue weighted by Crippen LogP contribution is -2.10. The van der Waals surface area contributed by atoms with E-state index in [4.69, 9.17) is 5.11 Å². The zero-order chi connectivity index (χ0) is 13.1. The molecule has 1 amide bonds. The molecule has 5 heteroatoms. The van der Waals surface area contributed by atoms with E-state index in [1.807, 2.05) is 13.0 Å². The molecule has 4 nitrogen and oxygen atoms in total. The fourth-order valence-corrected chi connectivity index (χ4v) is 2.21. The van der Waals surface area contributed by atoms with Crippen molar-refractivity contribution in [1.29, 1.82) is 0 Å². The van der Waals surface area contributed by atoms with E-state index < -0.39 is 5.97 Å². The summed E-state index contributed by atoms with van der Waals surface area (Å²) in [5, 5.41) is 11.5. The summed E-state index contributed by atoms with van der Waals surface area (Å²) in [6, 6.07) is 9.70. The minimum absolute atomic E-state index is 0.184. The fraction of sp³-hybridized carbons (Fsp3) is 0.0769. The van der Waals surface area contributed by atoms with Crippen LogP contribution >= 0.6 is 11.3 Å². The van der Waals surface area contributed by atoms with Gasteiger partial charge in [0.05, 0.1) is 10.4 Å². The maximum absolute atomic E-state index is 11.8. The van der Waals surface area contributed by atoms with Crippen molar-refractivity contribution in [2.45, 2.75) is 6.92 Å². The molecule has 18 heavy (non-hydrogen) atoms. The van der Waals surface area contributed by atoms with Crippen molar-refractivity contribution in [1.82, 2.24) is 0 Å². The van der Waals surface area contributed by atoms with Gasteiger partial charge in [-0.25, -0.2) is 4.79 Å². The number of thiophene rings is 1. The Morgan fingerprint density at radius 2 is 1.78 bits per heavy atom. The number of aryl methyl sites for hydroxylation is 1. The second kappa shape index (κ2) is 5.01. The van der Waals surface area contributed by atoms with Gasteiger partial charge in [-0.15, -0.1) is 11.3 Å². The highest BCUT2D eigenvalue weighted by molar-refractivity contribution is 7.14. The molecule has 2 N–H and O–H groups in total. The van der Waals surface area contributed by atoms with E-state index in [0.717, 1.165) is 4.88 Å². The first kappa shape index (κ1) is 12.3. The lowest BCUT2D eigenvalue weighted by atomic mass is 10.2. The third kappa shape index (κ3) is 2.75. The molecule has 0 bridgehead atoms. The number of nitrogens with one attached hydrogen (secondary N) is 1. The molecule has 0 radical (unpaired) electrons. The molecule has 0 fully saturated rings. The van der Waals surface area contributed by atoms with Gasteiger partial charge in [-0.1, -0.05) is 0 Å². The van der Waals surface area contributed by atoms with E-state index in [0.29, 0.717) is 10.6 Å². The van der Waals surface area contributed by atoms with Crippen LogP contribution in [0.1, 0.15) is 24.9 Å². The first-order valence-corrected chi connectivity index (χ1v) is 6.09. The van der Waals surface area contributed by atoms with Crippen molar-refractivity contribution in [2.24, 2.45) is 0 Å². The van der Waals surface area contributed by atoms with E-state index in [1.165, 1.54) is 23.5 Å². The number of aromatic carboxylic acids is 1. The Labute approximate surface area is 108 Å². The Hall–Kier alpha value is -2.14. The number of carboxylic acid groups (broad SMARTS) is 1. The van der Waals surface area contributed by atoms with Gasteiger partial charge in [-0.3, -0.25) is 4.79 Å². The summed E-state index contributed by atoms with van der Waals surface area (Å²) < 4.78 is 0. The molecule has 0 unspecified atom stereocenters. The highest BCUT2D eigenvalue weighted by Crippen LogP contribution is 2.17. The van der Waals surface area contributed by atoms with Crippen molar-refractivity contribution in [3.63, 3.8) is 0 Å². The Bertz CT molecular complexity index is 587. The van der Waals surface area contributed by atoms with Gasteiger partial charge in [-0.2, -0.15) is 0 Å². The summed E-state index contributed by atoms with van der Waals surface area (Å²) in [7, 11) is 0. The quantitative estimate of drug-likeness (QED) is 0.892. The molecule has 1 aromatic heterocycles. The number of benzene rings is 1. The zero-order valence-corrected chi connectivity index (χ0v) is 10.5. The van der Waals surface area contributed by atoms with Gasteiger partial charge in [-0.05, 0) is 43.3 Å². The lowest BCUT2D eigenvalue weighted by molar-refractivity contribution is 0.0696. The Morgan fingerprint density at radius 3 is 2.28 bits per heavy atom. The average molecular weight is 261 g/mol. The first-order chi connectivity index (χ1) is 8.56. The largest absolute Gasteiger partial charge is 0.478 e. The number of amides is 1. The third-order valence-electron chi connectivity index (χ3n) is 2.35. The Balaban J connectivity index is 2.10. The summed E-state index contributed by atoms with van der Waals surface area (Å²) in [5.74, 6) is -1.17. The fourth-order valence-electron chi connectivity index (χ4n) is 1.45.